The fourth-order valence-corrected chi connectivity index (χ4v) is 3.51. The molecule has 0 bridgehead atoms. The topological polar surface area (TPSA) is 20.2 Å². The van der Waals surface area contributed by atoms with Crippen LogP contribution in [0.4, 0.5) is 0 Å². The first kappa shape index (κ1) is 9.52. The van der Waals surface area contributed by atoms with Crippen LogP contribution in [0.3, 0.4) is 0 Å². The van der Waals surface area contributed by atoms with E-state index in [0.29, 0.717) is 0 Å². The van der Waals surface area contributed by atoms with Gasteiger partial charge in [0.15, 0.2) is 0 Å². The minimum Gasteiger partial charge on any atom is -0.392 e. The summed E-state index contributed by atoms with van der Waals surface area (Å²) in [6.45, 7) is 0.0551. The molecule has 2 rings (SSSR count). The fraction of sp³-hybridized carbons (Fsp3) is 0.111. The maximum atomic E-state index is 9.05. The molecule has 1 N–H and O–H groups in total. The summed E-state index contributed by atoms with van der Waals surface area (Å²) < 4.78 is 2.15. The minimum atomic E-state index is 0.0551. The molecule has 1 nitrogen and oxygen atoms in total. The summed E-state index contributed by atoms with van der Waals surface area (Å²) in [5, 5.41) is 12.2. The molecule has 68 valence electrons. The van der Waals surface area contributed by atoms with Gasteiger partial charge in [0.2, 0.25) is 0 Å². The van der Waals surface area contributed by atoms with Crippen LogP contribution in [0.25, 0.3) is 10.1 Å². The van der Waals surface area contributed by atoms with Crippen molar-refractivity contribution in [2.75, 3.05) is 0 Å². The zero-order valence-electron chi connectivity index (χ0n) is 6.62. The Labute approximate surface area is 93.9 Å². The van der Waals surface area contributed by atoms with E-state index in [1.54, 1.807) is 11.3 Å². The highest BCUT2D eigenvalue weighted by molar-refractivity contribution is 9.10. The van der Waals surface area contributed by atoms with Crippen LogP contribution in [-0.4, -0.2) is 5.11 Å². The van der Waals surface area contributed by atoms with Crippen LogP contribution in [0, 0.1) is 0 Å². The third kappa shape index (κ3) is 1.52. The molecule has 1 aromatic heterocycles. The first-order valence-electron chi connectivity index (χ1n) is 3.72. The van der Waals surface area contributed by atoms with Crippen LogP contribution >= 0.6 is 39.9 Å². The van der Waals surface area contributed by atoms with E-state index in [0.717, 1.165) is 20.3 Å². The van der Waals surface area contributed by atoms with Crippen molar-refractivity contribution < 1.29 is 5.11 Å². The Morgan fingerprint density at radius 1 is 1.46 bits per heavy atom. The number of thiol groups is 1. The Hall–Kier alpha value is -0.0300. The molecule has 0 saturated heterocycles. The lowest BCUT2D eigenvalue weighted by atomic mass is 10.2. The maximum Gasteiger partial charge on any atom is 0.0693 e. The van der Waals surface area contributed by atoms with E-state index in [9.17, 15) is 0 Å². The lowest BCUT2D eigenvalue weighted by Crippen LogP contribution is -1.84. The summed E-state index contributed by atoms with van der Waals surface area (Å²) in [7, 11) is 0. The van der Waals surface area contributed by atoms with E-state index in [1.807, 2.05) is 17.5 Å². The highest BCUT2D eigenvalue weighted by Crippen LogP contribution is 2.36. The standard InChI is InChI=1S/C9H7BrOS2/c10-9-5(3-11)1-2-7-8(9)6(12)4-13-7/h1-2,4,11-12H,3H2. The van der Waals surface area contributed by atoms with Crippen LogP contribution < -0.4 is 0 Å². The second-order valence-electron chi connectivity index (χ2n) is 2.69. The summed E-state index contributed by atoms with van der Waals surface area (Å²) in [6, 6.07) is 3.94. The van der Waals surface area contributed by atoms with Gasteiger partial charge in [-0.05, 0) is 27.6 Å². The van der Waals surface area contributed by atoms with Gasteiger partial charge in [0.05, 0.1) is 6.61 Å². The monoisotopic (exact) mass is 274 g/mol. The van der Waals surface area contributed by atoms with Crippen molar-refractivity contribution in [1.82, 2.24) is 0 Å². The molecule has 1 aromatic carbocycles. The van der Waals surface area contributed by atoms with Gasteiger partial charge in [-0.15, -0.1) is 24.0 Å². The molecule has 1 heterocycles. The summed E-state index contributed by atoms with van der Waals surface area (Å²) in [6.07, 6.45) is 0. The Kier molecular flexibility index (Phi) is 2.65. The lowest BCUT2D eigenvalue weighted by molar-refractivity contribution is 0.281. The number of aliphatic hydroxyl groups excluding tert-OH is 1. The van der Waals surface area contributed by atoms with Crippen molar-refractivity contribution in [2.24, 2.45) is 0 Å². The summed E-state index contributed by atoms with van der Waals surface area (Å²) >= 11 is 9.49. The predicted molar refractivity (Wildman–Crippen MR) is 62.7 cm³/mol. The quantitative estimate of drug-likeness (QED) is 0.764. The Bertz CT molecular complexity index is 450. The Morgan fingerprint density at radius 2 is 2.23 bits per heavy atom. The molecule has 4 heteroatoms. The number of hydrogen-bond acceptors (Lipinski definition) is 3. The van der Waals surface area contributed by atoms with Crippen molar-refractivity contribution in [3.63, 3.8) is 0 Å². The largest absolute Gasteiger partial charge is 0.392 e. The van der Waals surface area contributed by atoms with Gasteiger partial charge in [0.25, 0.3) is 0 Å². The summed E-state index contributed by atoms with van der Waals surface area (Å²) in [5.41, 5.74) is 0.904. The van der Waals surface area contributed by atoms with Gasteiger partial charge in [-0.25, -0.2) is 0 Å². The third-order valence-corrected chi connectivity index (χ3v) is 4.29. The van der Waals surface area contributed by atoms with E-state index in [1.165, 1.54) is 4.70 Å². The third-order valence-electron chi connectivity index (χ3n) is 1.91. The van der Waals surface area contributed by atoms with Gasteiger partial charge in [0, 0.05) is 24.8 Å². The smallest absolute Gasteiger partial charge is 0.0693 e. The van der Waals surface area contributed by atoms with E-state index in [4.69, 9.17) is 5.11 Å². The van der Waals surface area contributed by atoms with Gasteiger partial charge < -0.3 is 5.11 Å². The van der Waals surface area contributed by atoms with Gasteiger partial charge in [-0.1, -0.05) is 6.07 Å². The van der Waals surface area contributed by atoms with Crippen LogP contribution in [-0.2, 0) is 6.61 Å². The van der Waals surface area contributed by atoms with Crippen molar-refractivity contribution >= 4 is 50.0 Å². The molecule has 0 aliphatic carbocycles. The Morgan fingerprint density at radius 3 is 2.92 bits per heavy atom. The molecule has 0 aliphatic rings. The van der Waals surface area contributed by atoms with Crippen LogP contribution in [0.15, 0.2) is 26.9 Å². The fourth-order valence-electron chi connectivity index (χ4n) is 1.24. The van der Waals surface area contributed by atoms with E-state index in [2.05, 4.69) is 28.6 Å². The molecule has 0 fully saturated rings. The molecular weight excluding hydrogens is 268 g/mol. The predicted octanol–water partition coefficient (Wildman–Crippen LogP) is 3.44. The first-order chi connectivity index (χ1) is 6.24. The van der Waals surface area contributed by atoms with Gasteiger partial charge in [-0.2, -0.15) is 0 Å². The number of hydrogen-bond donors (Lipinski definition) is 2. The van der Waals surface area contributed by atoms with E-state index < -0.39 is 0 Å². The molecule has 0 amide bonds. The molecule has 0 atom stereocenters. The van der Waals surface area contributed by atoms with Crippen LogP contribution in [0.5, 0.6) is 0 Å². The zero-order valence-corrected chi connectivity index (χ0v) is 9.92. The molecule has 2 aromatic rings. The number of benzene rings is 1. The Balaban J connectivity index is 2.83. The molecule has 0 radical (unpaired) electrons. The second kappa shape index (κ2) is 3.61. The van der Waals surface area contributed by atoms with Crippen molar-refractivity contribution in [3.05, 3.63) is 27.5 Å². The van der Waals surface area contributed by atoms with Crippen LogP contribution in [0.1, 0.15) is 5.56 Å². The van der Waals surface area contributed by atoms with Gasteiger partial charge in [-0.3, -0.25) is 0 Å². The highest BCUT2D eigenvalue weighted by Gasteiger charge is 2.08. The maximum absolute atomic E-state index is 9.05. The molecule has 0 aliphatic heterocycles. The number of aliphatic hydroxyl groups is 1. The average molecular weight is 275 g/mol. The van der Waals surface area contributed by atoms with E-state index >= 15 is 0 Å². The van der Waals surface area contributed by atoms with Crippen molar-refractivity contribution in [2.45, 2.75) is 11.5 Å². The average Bonchev–Trinajstić information content (AvgIpc) is 2.49. The summed E-state index contributed by atoms with van der Waals surface area (Å²) in [4.78, 5) is 0.960. The molecule has 0 saturated carbocycles. The normalized spacial score (nSPS) is 11.0. The van der Waals surface area contributed by atoms with Crippen molar-refractivity contribution in [1.29, 1.82) is 0 Å². The second-order valence-corrected chi connectivity index (χ2v) is 4.88. The zero-order chi connectivity index (χ0) is 9.42. The molecular formula is C9H7BrOS2. The molecule has 13 heavy (non-hydrogen) atoms. The number of fused-ring (bicyclic) bond motifs is 1. The molecule has 0 spiro atoms. The number of thiophene rings is 1. The molecule has 0 unspecified atom stereocenters. The minimum absolute atomic E-state index is 0.0551. The van der Waals surface area contributed by atoms with Gasteiger partial charge >= 0.3 is 0 Å². The van der Waals surface area contributed by atoms with Crippen molar-refractivity contribution in [3.8, 4) is 0 Å². The van der Waals surface area contributed by atoms with Gasteiger partial charge in [0.1, 0.15) is 0 Å². The van der Waals surface area contributed by atoms with Crippen LogP contribution in [0.2, 0.25) is 0 Å². The lowest BCUT2D eigenvalue weighted by Gasteiger charge is -2.02. The highest BCUT2D eigenvalue weighted by atomic mass is 79.9. The summed E-state index contributed by atoms with van der Waals surface area (Å²) in [5.74, 6) is 0. The first-order valence-corrected chi connectivity index (χ1v) is 5.84. The number of rotatable bonds is 1. The number of halogens is 1. The SMILES string of the molecule is OCc1ccc2scc(S)c2c1Br. The van der Waals surface area contributed by atoms with E-state index in [-0.39, 0.29) is 6.61 Å².